The Balaban J connectivity index is 1.46. The zero-order valence-electron chi connectivity index (χ0n) is 25.8. The number of likely N-dealkylation sites (tertiary alicyclic amines) is 1. The highest BCUT2D eigenvalue weighted by Gasteiger charge is 2.64. The van der Waals surface area contributed by atoms with Crippen LogP contribution in [0.3, 0.4) is 0 Å². The van der Waals surface area contributed by atoms with Crippen LogP contribution in [0.2, 0.25) is 0 Å². The number of carbonyl (C=O) groups excluding carboxylic acids is 4. The molecule has 7 heteroatoms. The lowest BCUT2D eigenvalue weighted by Crippen LogP contribution is -2.59. The molecule has 6 atom stereocenters. The number of hydrogen-bond acceptors (Lipinski definition) is 6. The Morgan fingerprint density at radius 1 is 0.935 bits per heavy atom. The van der Waals surface area contributed by atoms with Gasteiger partial charge in [0, 0.05) is 24.0 Å². The van der Waals surface area contributed by atoms with Crippen LogP contribution in [0.15, 0.2) is 103 Å². The number of allylic oxidation sites excluding steroid dienone is 5. The Morgan fingerprint density at radius 2 is 1.65 bits per heavy atom. The Bertz CT molecular complexity index is 1840. The fourth-order valence-corrected chi connectivity index (χ4v) is 8.50. The molecule has 46 heavy (non-hydrogen) atoms. The molecule has 0 bridgehead atoms. The topological polar surface area (TPSA) is 101 Å². The standard InChI is InChI=1S/C39H35NO6/c1-3-40-37(44)27-17-16-26-29(35(27)38(40)45)21-31-36(43)28(24-10-6-4-7-11-24)22-34(42)39(31,25-12-8-5-9-13-25)30(26)18-14-23-15-19-32(41)33(20-23)46-2/h4-16,18-20,22,27,29-31,35,41H,3,17,21H2,1-2H3. The Labute approximate surface area is 267 Å². The molecule has 7 nitrogen and oxygen atoms in total. The highest BCUT2D eigenvalue weighted by atomic mass is 16.5. The fourth-order valence-electron chi connectivity index (χ4n) is 8.50. The number of nitrogens with zero attached hydrogens (tertiary/aromatic N) is 1. The zero-order chi connectivity index (χ0) is 32.2. The van der Waals surface area contributed by atoms with Crippen molar-refractivity contribution in [3.05, 3.63) is 119 Å². The van der Waals surface area contributed by atoms with E-state index in [1.807, 2.05) is 72.8 Å². The molecule has 7 rings (SSSR count). The van der Waals surface area contributed by atoms with Crippen molar-refractivity contribution in [2.75, 3.05) is 13.7 Å². The normalized spacial score (nSPS) is 28.8. The summed E-state index contributed by atoms with van der Waals surface area (Å²) < 4.78 is 5.34. The van der Waals surface area contributed by atoms with Crippen molar-refractivity contribution in [2.45, 2.75) is 25.2 Å². The first-order chi connectivity index (χ1) is 22.3. The van der Waals surface area contributed by atoms with E-state index in [1.165, 1.54) is 18.1 Å². The largest absolute Gasteiger partial charge is 0.504 e. The van der Waals surface area contributed by atoms with Crippen LogP contribution in [-0.4, -0.2) is 47.0 Å². The van der Waals surface area contributed by atoms with E-state index in [4.69, 9.17) is 4.74 Å². The van der Waals surface area contributed by atoms with Crippen LogP contribution >= 0.6 is 0 Å². The Kier molecular flexibility index (Phi) is 7.35. The van der Waals surface area contributed by atoms with Gasteiger partial charge < -0.3 is 9.84 Å². The van der Waals surface area contributed by atoms with Gasteiger partial charge in [-0.05, 0) is 60.6 Å². The third-order valence-electron chi connectivity index (χ3n) is 10.5. The second-order valence-corrected chi connectivity index (χ2v) is 12.5. The molecule has 0 radical (unpaired) electrons. The summed E-state index contributed by atoms with van der Waals surface area (Å²) >= 11 is 0. The van der Waals surface area contributed by atoms with Gasteiger partial charge in [-0.1, -0.05) is 90.5 Å². The van der Waals surface area contributed by atoms with Crippen molar-refractivity contribution in [3.8, 4) is 11.5 Å². The second-order valence-electron chi connectivity index (χ2n) is 12.5. The van der Waals surface area contributed by atoms with Gasteiger partial charge in [0.1, 0.15) is 0 Å². The summed E-state index contributed by atoms with van der Waals surface area (Å²) in [5.41, 5.74) is 2.18. The molecular formula is C39H35NO6. The van der Waals surface area contributed by atoms with Crippen LogP contribution in [0.5, 0.6) is 11.5 Å². The van der Waals surface area contributed by atoms with Crippen molar-refractivity contribution in [3.63, 3.8) is 0 Å². The van der Waals surface area contributed by atoms with Gasteiger partial charge in [-0.25, -0.2) is 0 Å². The van der Waals surface area contributed by atoms with Crippen molar-refractivity contribution >= 4 is 35.0 Å². The molecule has 1 N–H and O–H groups in total. The van der Waals surface area contributed by atoms with E-state index in [0.29, 0.717) is 29.9 Å². The number of carbonyl (C=O) groups is 4. The SMILES string of the molecule is CCN1C(=O)C2CC=C3C(CC4C(=O)C(c5ccccc5)=CC(=O)C4(c4ccccc4)C3C=Cc3ccc(O)c(OC)c3)C2C1=O. The molecule has 1 saturated carbocycles. The predicted molar refractivity (Wildman–Crippen MR) is 173 cm³/mol. The molecule has 6 unspecified atom stereocenters. The summed E-state index contributed by atoms with van der Waals surface area (Å²) in [7, 11) is 1.48. The highest BCUT2D eigenvalue weighted by molar-refractivity contribution is 6.31. The molecule has 3 aliphatic carbocycles. The molecule has 3 aromatic carbocycles. The van der Waals surface area contributed by atoms with Crippen LogP contribution in [0.1, 0.15) is 36.5 Å². The number of methoxy groups -OCH3 is 1. The number of phenolic OH excluding ortho intramolecular Hbond substituents is 1. The van der Waals surface area contributed by atoms with Crippen molar-refractivity contribution in [1.29, 1.82) is 0 Å². The first-order valence-corrected chi connectivity index (χ1v) is 15.8. The number of aromatic hydroxyl groups is 1. The van der Waals surface area contributed by atoms with Crippen LogP contribution in [0, 0.1) is 29.6 Å². The minimum atomic E-state index is -1.26. The van der Waals surface area contributed by atoms with Gasteiger partial charge in [-0.3, -0.25) is 24.1 Å². The Hall–Kier alpha value is -5.04. The minimum absolute atomic E-state index is 0.00996. The Morgan fingerprint density at radius 3 is 2.35 bits per heavy atom. The summed E-state index contributed by atoms with van der Waals surface area (Å²) in [5, 5.41) is 10.2. The lowest BCUT2D eigenvalue weighted by atomic mass is 9.45. The van der Waals surface area contributed by atoms with Crippen LogP contribution in [0.4, 0.5) is 0 Å². The maximum absolute atomic E-state index is 14.9. The molecule has 2 amide bonds. The molecular weight excluding hydrogens is 578 g/mol. The van der Waals surface area contributed by atoms with Gasteiger partial charge in [0.25, 0.3) is 0 Å². The number of phenols is 1. The van der Waals surface area contributed by atoms with E-state index >= 15 is 0 Å². The lowest BCUT2D eigenvalue weighted by molar-refractivity contribution is -0.140. The first-order valence-electron chi connectivity index (χ1n) is 15.8. The molecule has 0 spiro atoms. The quantitative estimate of drug-likeness (QED) is 0.279. The van der Waals surface area contributed by atoms with E-state index < -0.39 is 29.1 Å². The van der Waals surface area contributed by atoms with Crippen LogP contribution in [0.25, 0.3) is 11.6 Å². The summed E-state index contributed by atoms with van der Waals surface area (Å²) in [5.74, 6) is -3.13. The zero-order valence-corrected chi connectivity index (χ0v) is 25.8. The second kappa shape index (κ2) is 11.4. The van der Waals surface area contributed by atoms with E-state index in [2.05, 4.69) is 6.08 Å². The lowest BCUT2D eigenvalue weighted by Gasteiger charge is -2.54. The van der Waals surface area contributed by atoms with Crippen LogP contribution in [-0.2, 0) is 24.6 Å². The van der Waals surface area contributed by atoms with Crippen LogP contribution < -0.4 is 4.74 Å². The number of Topliss-reactive ketones (excluding diaryl/α,β-unsaturated/α-hetero) is 1. The molecule has 0 aromatic heterocycles. The van der Waals surface area contributed by atoms with Gasteiger partial charge in [-0.15, -0.1) is 0 Å². The number of hydrogen-bond donors (Lipinski definition) is 1. The minimum Gasteiger partial charge on any atom is -0.504 e. The summed E-state index contributed by atoms with van der Waals surface area (Å²) in [6.07, 6.45) is 8.11. The van der Waals surface area contributed by atoms with Gasteiger partial charge in [-0.2, -0.15) is 0 Å². The molecule has 4 aliphatic rings. The number of ether oxygens (including phenoxy) is 1. The smallest absolute Gasteiger partial charge is 0.233 e. The van der Waals surface area contributed by atoms with E-state index in [9.17, 15) is 24.3 Å². The predicted octanol–water partition coefficient (Wildman–Crippen LogP) is 5.79. The molecule has 2 fully saturated rings. The highest BCUT2D eigenvalue weighted by Crippen LogP contribution is 2.61. The van der Waals surface area contributed by atoms with Crippen molar-refractivity contribution < 1.29 is 29.0 Å². The summed E-state index contributed by atoms with van der Waals surface area (Å²) in [6.45, 7) is 2.11. The van der Waals surface area contributed by atoms with Gasteiger partial charge in [0.05, 0.1) is 24.4 Å². The average Bonchev–Trinajstić information content (AvgIpc) is 3.34. The van der Waals surface area contributed by atoms with Gasteiger partial charge in [0.2, 0.25) is 11.8 Å². The molecule has 1 saturated heterocycles. The fraction of sp³-hybridized carbons (Fsp3) is 0.282. The van der Waals surface area contributed by atoms with Gasteiger partial charge >= 0.3 is 0 Å². The maximum atomic E-state index is 14.9. The molecule has 1 aliphatic heterocycles. The number of benzene rings is 3. The summed E-state index contributed by atoms with van der Waals surface area (Å²) in [6, 6.07) is 23.8. The monoisotopic (exact) mass is 613 g/mol. The molecule has 3 aromatic rings. The average molecular weight is 614 g/mol. The third kappa shape index (κ3) is 4.32. The third-order valence-corrected chi connectivity index (χ3v) is 10.5. The number of fused-ring (bicyclic) bond motifs is 4. The maximum Gasteiger partial charge on any atom is 0.233 e. The summed E-state index contributed by atoms with van der Waals surface area (Å²) in [4.78, 5) is 58.2. The number of imide groups is 1. The van der Waals surface area contributed by atoms with E-state index in [-0.39, 0.29) is 41.5 Å². The van der Waals surface area contributed by atoms with E-state index in [0.717, 1.165) is 16.7 Å². The number of rotatable bonds is 6. The first kappa shape index (κ1) is 29.7. The van der Waals surface area contributed by atoms with Gasteiger partial charge in [0.15, 0.2) is 23.1 Å². The van der Waals surface area contributed by atoms with Crippen molar-refractivity contribution in [2.24, 2.45) is 29.6 Å². The molecule has 1 heterocycles. The van der Waals surface area contributed by atoms with Crippen molar-refractivity contribution in [1.82, 2.24) is 4.90 Å². The number of ketones is 2. The number of amides is 2. The molecule has 232 valence electrons. The van der Waals surface area contributed by atoms with E-state index in [1.54, 1.807) is 25.1 Å².